The normalized spacial score (nSPS) is 29.2. The molecule has 50 heavy (non-hydrogen) atoms. The van der Waals surface area contributed by atoms with Crippen LogP contribution in [0.2, 0.25) is 0 Å². The van der Waals surface area contributed by atoms with Gasteiger partial charge in [-0.25, -0.2) is 4.79 Å². The third-order valence-electron chi connectivity index (χ3n) is 12.8. The molecule has 4 aliphatic carbocycles. The molecule has 3 aromatic carbocycles. The Hall–Kier alpha value is -3.93. The highest BCUT2D eigenvalue weighted by Gasteiger charge is 2.57. The summed E-state index contributed by atoms with van der Waals surface area (Å²) in [7, 11) is 0. The largest absolute Gasteiger partial charge is 0.441 e. The van der Waals surface area contributed by atoms with E-state index in [1.54, 1.807) is 0 Å². The fraction of sp³-hybridized carbons (Fsp3) is 0.523. The molecule has 8 rings (SSSR count). The van der Waals surface area contributed by atoms with Gasteiger partial charge in [-0.1, -0.05) is 71.6 Å². The van der Waals surface area contributed by atoms with Crippen LogP contribution >= 0.6 is 0 Å². The van der Waals surface area contributed by atoms with E-state index in [-0.39, 0.29) is 41.6 Å². The minimum Gasteiger partial charge on any atom is -0.441 e. The molecule has 0 aromatic heterocycles. The molecule has 5 aliphatic rings. The molecule has 6 nitrogen and oxygen atoms in total. The Morgan fingerprint density at radius 1 is 0.660 bits per heavy atom. The summed E-state index contributed by atoms with van der Waals surface area (Å²) >= 11 is 0. The van der Waals surface area contributed by atoms with Crippen molar-refractivity contribution < 1.29 is 28.6 Å². The standard InChI is InChI=1S/C44H50O6/c1-23(2)32-21-35(25(5)19-37(32)48-42(46)39-27-13-7-8-14-28(27)39)44(34-18-12-11-17-31(34)41(45)50-44)36-22-33(24(3)4)38(20-26(36)6)49-43(47)40-29-15-9-10-16-30(29)40/h11-12,17-24,27-30,39-40H,7-10,13-16H2,1-6H3/t27-,28-,29-,30+,40?,44?/m1/s1. The van der Waals surface area contributed by atoms with Gasteiger partial charge in [-0.2, -0.15) is 0 Å². The van der Waals surface area contributed by atoms with Crippen molar-refractivity contribution in [3.63, 3.8) is 0 Å². The highest BCUT2D eigenvalue weighted by Crippen LogP contribution is 2.58. The van der Waals surface area contributed by atoms with E-state index < -0.39 is 5.60 Å². The van der Waals surface area contributed by atoms with E-state index in [9.17, 15) is 14.4 Å². The second-order valence-electron chi connectivity index (χ2n) is 16.5. The van der Waals surface area contributed by atoms with Crippen molar-refractivity contribution in [1.82, 2.24) is 0 Å². The highest BCUT2D eigenvalue weighted by molar-refractivity contribution is 5.96. The van der Waals surface area contributed by atoms with Gasteiger partial charge in [0.2, 0.25) is 0 Å². The van der Waals surface area contributed by atoms with Crippen molar-refractivity contribution in [3.8, 4) is 11.5 Å². The van der Waals surface area contributed by atoms with Gasteiger partial charge in [0, 0.05) is 16.7 Å². The second-order valence-corrected chi connectivity index (χ2v) is 16.5. The molecule has 6 heteroatoms. The lowest BCUT2D eigenvalue weighted by Gasteiger charge is -2.34. The predicted octanol–water partition coefficient (Wildman–Crippen LogP) is 9.70. The second kappa shape index (κ2) is 12.4. The minimum atomic E-state index is -1.25. The number of rotatable bonds is 8. The van der Waals surface area contributed by atoms with Gasteiger partial charge in [0.1, 0.15) is 11.5 Å². The number of carbonyl (C=O) groups is 3. The highest BCUT2D eigenvalue weighted by atomic mass is 16.6. The summed E-state index contributed by atoms with van der Waals surface area (Å²) in [6.07, 6.45) is 9.24. The summed E-state index contributed by atoms with van der Waals surface area (Å²) in [6.45, 7) is 12.4. The van der Waals surface area contributed by atoms with Crippen LogP contribution in [-0.2, 0) is 19.9 Å². The van der Waals surface area contributed by atoms with Crippen molar-refractivity contribution >= 4 is 17.9 Å². The molecule has 0 amide bonds. The molecule has 1 aliphatic heterocycles. The van der Waals surface area contributed by atoms with E-state index in [4.69, 9.17) is 14.2 Å². The summed E-state index contributed by atoms with van der Waals surface area (Å²) in [4.78, 5) is 40.8. The fourth-order valence-electron chi connectivity index (χ4n) is 10.0. The lowest BCUT2D eigenvalue weighted by molar-refractivity contribution is -0.137. The average molecular weight is 675 g/mol. The Morgan fingerprint density at radius 2 is 1.08 bits per heavy atom. The molecular weight excluding hydrogens is 624 g/mol. The Balaban J connectivity index is 1.22. The number of aryl methyl sites for hydroxylation is 2. The Morgan fingerprint density at radius 3 is 1.50 bits per heavy atom. The quantitative estimate of drug-likeness (QED) is 0.175. The Kier molecular flexibility index (Phi) is 8.23. The van der Waals surface area contributed by atoms with Crippen molar-refractivity contribution in [2.75, 3.05) is 0 Å². The van der Waals surface area contributed by atoms with Gasteiger partial charge in [-0.15, -0.1) is 0 Å². The average Bonchev–Trinajstić information content (AvgIpc) is 3.98. The lowest BCUT2D eigenvalue weighted by atomic mass is 9.74. The number of ether oxygens (including phenoxy) is 3. The van der Waals surface area contributed by atoms with E-state index >= 15 is 0 Å². The number of hydrogen-bond acceptors (Lipinski definition) is 6. The first-order valence-electron chi connectivity index (χ1n) is 19.1. The number of esters is 3. The molecule has 4 fully saturated rings. The molecule has 262 valence electrons. The molecule has 0 spiro atoms. The topological polar surface area (TPSA) is 78.9 Å². The third-order valence-corrected chi connectivity index (χ3v) is 12.8. The van der Waals surface area contributed by atoms with Crippen LogP contribution in [0.3, 0.4) is 0 Å². The first kappa shape index (κ1) is 33.2. The summed E-state index contributed by atoms with van der Waals surface area (Å²) < 4.78 is 19.1. The molecule has 6 atom stereocenters. The smallest absolute Gasteiger partial charge is 0.340 e. The summed E-state index contributed by atoms with van der Waals surface area (Å²) in [5.41, 5.74) is 5.27. The molecule has 0 saturated heterocycles. The number of benzene rings is 3. The van der Waals surface area contributed by atoms with Crippen molar-refractivity contribution in [2.24, 2.45) is 35.5 Å². The molecule has 1 heterocycles. The van der Waals surface area contributed by atoms with Gasteiger partial charge in [-0.3, -0.25) is 9.59 Å². The van der Waals surface area contributed by atoms with Crippen molar-refractivity contribution in [1.29, 1.82) is 0 Å². The van der Waals surface area contributed by atoms with Crippen LogP contribution in [0.5, 0.6) is 11.5 Å². The first-order chi connectivity index (χ1) is 24.0. The monoisotopic (exact) mass is 674 g/mol. The minimum absolute atomic E-state index is 0.000171. The molecule has 0 bridgehead atoms. The number of hydrogen-bond donors (Lipinski definition) is 0. The van der Waals surface area contributed by atoms with Crippen molar-refractivity contribution in [3.05, 3.63) is 93.0 Å². The molecule has 2 unspecified atom stereocenters. The number of cyclic esters (lactones) is 1. The van der Waals surface area contributed by atoms with Crippen LogP contribution in [0, 0.1) is 49.4 Å². The maximum atomic E-state index is 13.8. The predicted molar refractivity (Wildman–Crippen MR) is 191 cm³/mol. The van der Waals surface area contributed by atoms with Crippen LogP contribution < -0.4 is 9.47 Å². The van der Waals surface area contributed by atoms with Crippen LogP contribution in [0.25, 0.3) is 0 Å². The van der Waals surface area contributed by atoms with Gasteiger partial charge >= 0.3 is 17.9 Å². The zero-order valence-corrected chi connectivity index (χ0v) is 30.3. The van der Waals surface area contributed by atoms with Crippen LogP contribution in [-0.4, -0.2) is 17.9 Å². The molecule has 4 saturated carbocycles. The summed E-state index contributed by atoms with van der Waals surface area (Å²) in [6, 6.07) is 15.7. The SMILES string of the molecule is Cc1cc(OC(=O)C2[C@H]3CCCC[C@@H]23)c(C(C)C)cc1C1(c2cc(C(C)C)c(OC(=O)C3[C@@H]4CCCC[C@@H]34)cc2C)OC(=O)c2ccccc21. The first-order valence-corrected chi connectivity index (χ1v) is 19.1. The lowest BCUT2D eigenvalue weighted by Crippen LogP contribution is -2.32. The zero-order valence-electron chi connectivity index (χ0n) is 30.3. The van der Waals surface area contributed by atoms with Gasteiger partial charge in [0.15, 0.2) is 5.60 Å². The molecule has 3 aromatic rings. The van der Waals surface area contributed by atoms with E-state index in [0.29, 0.717) is 40.7 Å². The zero-order chi connectivity index (χ0) is 35.1. The molecule has 0 N–H and O–H groups in total. The molecular formula is C44H50O6. The number of fused-ring (bicyclic) bond motifs is 3. The maximum absolute atomic E-state index is 13.8. The van der Waals surface area contributed by atoms with Crippen LogP contribution in [0.1, 0.15) is 140 Å². The van der Waals surface area contributed by atoms with Gasteiger partial charge in [0.05, 0.1) is 17.4 Å². The fourth-order valence-corrected chi connectivity index (χ4v) is 10.0. The van der Waals surface area contributed by atoms with Crippen molar-refractivity contribution in [2.45, 2.75) is 110 Å². The third kappa shape index (κ3) is 5.31. The Bertz CT molecular complexity index is 1760. The van der Waals surface area contributed by atoms with E-state index in [1.165, 1.54) is 25.7 Å². The van der Waals surface area contributed by atoms with Gasteiger partial charge < -0.3 is 14.2 Å². The molecule has 0 radical (unpaired) electrons. The van der Waals surface area contributed by atoms with E-state index in [0.717, 1.165) is 64.6 Å². The summed E-state index contributed by atoms with van der Waals surface area (Å²) in [5, 5.41) is 0. The van der Waals surface area contributed by atoms with E-state index in [2.05, 4.69) is 39.8 Å². The number of carbonyl (C=O) groups excluding carboxylic acids is 3. The maximum Gasteiger partial charge on any atom is 0.340 e. The van der Waals surface area contributed by atoms with Gasteiger partial charge in [0.25, 0.3) is 0 Å². The van der Waals surface area contributed by atoms with Crippen LogP contribution in [0.4, 0.5) is 0 Å². The van der Waals surface area contributed by atoms with Crippen LogP contribution in [0.15, 0.2) is 48.5 Å². The summed E-state index contributed by atoms with van der Waals surface area (Å²) in [5.74, 6) is 2.51. The Labute approximate surface area is 296 Å². The van der Waals surface area contributed by atoms with E-state index in [1.807, 2.05) is 50.2 Å². The van der Waals surface area contributed by atoms with Gasteiger partial charge in [-0.05, 0) is 128 Å².